The Balaban J connectivity index is 1.43. The molecule has 1 aliphatic rings. The molecule has 3 heterocycles. The number of fused-ring (bicyclic) bond motifs is 2. The molecule has 0 saturated carbocycles. The average Bonchev–Trinajstić information content (AvgIpc) is 3.22. The van der Waals surface area contributed by atoms with E-state index in [9.17, 15) is 0 Å². The van der Waals surface area contributed by atoms with E-state index in [4.69, 9.17) is 0 Å². The Hall–Kier alpha value is -2.67. The van der Waals surface area contributed by atoms with Crippen molar-refractivity contribution in [2.45, 2.75) is 39.3 Å². The van der Waals surface area contributed by atoms with Crippen LogP contribution in [0.2, 0.25) is 0 Å². The van der Waals surface area contributed by atoms with E-state index in [1.807, 2.05) is 4.68 Å². The smallest absolute Gasteiger partial charge is 0.247 e. The Morgan fingerprint density at radius 2 is 2.16 bits per heavy atom. The number of allylic oxidation sites excluding steroid dienone is 1. The van der Waals surface area contributed by atoms with Gasteiger partial charge in [0.15, 0.2) is 0 Å². The SMILES string of the molecule is CC1=C([C@@H](C)NCCc2c[nH]c3ccccc23)[C@H](C)n2nnnc2N1. The largest absolute Gasteiger partial charge is 0.361 e. The summed E-state index contributed by atoms with van der Waals surface area (Å²) in [6, 6.07) is 8.81. The Morgan fingerprint density at radius 3 is 3.04 bits per heavy atom. The predicted octanol–water partition coefficient (Wildman–Crippen LogP) is 2.64. The predicted molar refractivity (Wildman–Crippen MR) is 98.3 cm³/mol. The fourth-order valence-electron chi connectivity index (χ4n) is 3.78. The van der Waals surface area contributed by atoms with Crippen molar-refractivity contribution in [2.24, 2.45) is 0 Å². The minimum Gasteiger partial charge on any atom is -0.361 e. The number of benzene rings is 1. The van der Waals surface area contributed by atoms with Crippen LogP contribution in [0.25, 0.3) is 10.9 Å². The first-order valence-corrected chi connectivity index (χ1v) is 8.69. The molecule has 0 fully saturated rings. The van der Waals surface area contributed by atoms with Crippen molar-refractivity contribution < 1.29 is 0 Å². The summed E-state index contributed by atoms with van der Waals surface area (Å²) in [6.07, 6.45) is 3.10. The minimum absolute atomic E-state index is 0.141. The zero-order valence-corrected chi connectivity index (χ0v) is 14.7. The number of nitrogens with one attached hydrogen (secondary N) is 3. The number of hydrogen-bond acceptors (Lipinski definition) is 5. The van der Waals surface area contributed by atoms with E-state index in [1.54, 1.807) is 0 Å². The van der Waals surface area contributed by atoms with Crippen LogP contribution >= 0.6 is 0 Å². The molecule has 7 heteroatoms. The molecule has 1 aliphatic heterocycles. The highest BCUT2D eigenvalue weighted by atomic mass is 15.6. The number of H-pyrrole nitrogens is 1. The molecule has 3 aromatic rings. The maximum atomic E-state index is 4.09. The first-order valence-electron chi connectivity index (χ1n) is 8.69. The van der Waals surface area contributed by atoms with Crippen molar-refractivity contribution in [1.29, 1.82) is 0 Å². The molecule has 0 aliphatic carbocycles. The summed E-state index contributed by atoms with van der Waals surface area (Å²) in [5.74, 6) is 0.708. The van der Waals surface area contributed by atoms with Gasteiger partial charge in [0.25, 0.3) is 0 Å². The number of rotatable bonds is 5. The van der Waals surface area contributed by atoms with E-state index in [0.717, 1.165) is 18.7 Å². The van der Waals surface area contributed by atoms with Gasteiger partial charge >= 0.3 is 0 Å². The van der Waals surface area contributed by atoms with E-state index < -0.39 is 0 Å². The summed E-state index contributed by atoms with van der Waals surface area (Å²) in [4.78, 5) is 3.34. The van der Waals surface area contributed by atoms with E-state index in [1.165, 1.54) is 22.0 Å². The number of aromatic nitrogens is 5. The molecule has 2 aromatic heterocycles. The van der Waals surface area contributed by atoms with Crippen LogP contribution in [0.5, 0.6) is 0 Å². The molecule has 0 amide bonds. The van der Waals surface area contributed by atoms with E-state index >= 15 is 0 Å². The summed E-state index contributed by atoms with van der Waals surface area (Å²) >= 11 is 0. The van der Waals surface area contributed by atoms with Crippen molar-refractivity contribution in [3.05, 3.63) is 47.3 Å². The third kappa shape index (κ3) is 2.80. The Labute approximate surface area is 146 Å². The number of hydrogen-bond donors (Lipinski definition) is 3. The lowest BCUT2D eigenvalue weighted by molar-refractivity contribution is 0.470. The van der Waals surface area contributed by atoms with Gasteiger partial charge in [-0.1, -0.05) is 23.3 Å². The lowest BCUT2D eigenvalue weighted by atomic mass is 9.97. The molecule has 130 valence electrons. The molecule has 0 radical (unpaired) electrons. The van der Waals surface area contributed by atoms with Crippen molar-refractivity contribution >= 4 is 16.9 Å². The fraction of sp³-hybridized carbons (Fsp3) is 0.389. The maximum absolute atomic E-state index is 4.09. The van der Waals surface area contributed by atoms with Gasteiger partial charge in [0.2, 0.25) is 5.95 Å². The highest BCUT2D eigenvalue weighted by Gasteiger charge is 2.27. The van der Waals surface area contributed by atoms with Gasteiger partial charge < -0.3 is 15.6 Å². The van der Waals surface area contributed by atoms with Crippen LogP contribution in [0.3, 0.4) is 0 Å². The molecule has 0 bridgehead atoms. The maximum Gasteiger partial charge on any atom is 0.247 e. The molecular formula is C18H23N7. The Morgan fingerprint density at radius 1 is 1.32 bits per heavy atom. The van der Waals surface area contributed by atoms with Crippen LogP contribution in [0.15, 0.2) is 41.7 Å². The van der Waals surface area contributed by atoms with Gasteiger partial charge in [0.05, 0.1) is 6.04 Å². The van der Waals surface area contributed by atoms with Gasteiger partial charge in [-0.2, -0.15) is 0 Å². The molecule has 0 spiro atoms. The summed E-state index contributed by atoms with van der Waals surface area (Å²) in [6.45, 7) is 7.33. The van der Waals surface area contributed by atoms with Gasteiger partial charge in [-0.3, -0.25) is 0 Å². The molecule has 3 N–H and O–H groups in total. The van der Waals surface area contributed by atoms with Crippen LogP contribution in [0.1, 0.15) is 32.4 Å². The van der Waals surface area contributed by atoms with Crippen molar-refractivity contribution in [3.8, 4) is 0 Å². The van der Waals surface area contributed by atoms with Crippen molar-refractivity contribution in [3.63, 3.8) is 0 Å². The lowest BCUT2D eigenvalue weighted by Crippen LogP contribution is -2.36. The van der Waals surface area contributed by atoms with Crippen LogP contribution in [0.4, 0.5) is 5.95 Å². The molecule has 0 saturated heterocycles. The molecule has 7 nitrogen and oxygen atoms in total. The second-order valence-corrected chi connectivity index (χ2v) is 6.61. The molecule has 25 heavy (non-hydrogen) atoms. The van der Waals surface area contributed by atoms with Gasteiger partial charge in [-0.25, -0.2) is 4.68 Å². The molecule has 4 rings (SSSR count). The third-order valence-corrected chi connectivity index (χ3v) is 5.03. The summed E-state index contributed by atoms with van der Waals surface area (Å²) < 4.78 is 1.83. The van der Waals surface area contributed by atoms with Crippen molar-refractivity contribution in [2.75, 3.05) is 11.9 Å². The zero-order chi connectivity index (χ0) is 17.4. The summed E-state index contributed by atoms with van der Waals surface area (Å²) in [7, 11) is 0. The number of aromatic amines is 1. The number of anilines is 1. The first kappa shape index (κ1) is 15.8. The standard InChI is InChI=1S/C18H23N7/c1-11(17-12(2)21-18-22-23-24-25(18)13(17)3)19-9-8-14-10-20-16-7-5-4-6-15(14)16/h4-7,10-11,13,19-20H,8-9H2,1-3H3,(H,21,22,24)/t11-,13+/m1/s1. The van der Waals surface area contributed by atoms with Crippen LogP contribution < -0.4 is 10.6 Å². The van der Waals surface area contributed by atoms with Crippen molar-refractivity contribution in [1.82, 2.24) is 30.5 Å². The van der Waals surface area contributed by atoms with Gasteiger partial charge in [-0.15, -0.1) is 0 Å². The van der Waals surface area contributed by atoms with Crippen LogP contribution in [0, 0.1) is 0 Å². The monoisotopic (exact) mass is 337 g/mol. The van der Waals surface area contributed by atoms with E-state index in [0.29, 0.717) is 5.95 Å². The topological polar surface area (TPSA) is 83.5 Å². The van der Waals surface area contributed by atoms with E-state index in [-0.39, 0.29) is 12.1 Å². The second-order valence-electron chi connectivity index (χ2n) is 6.61. The highest BCUT2D eigenvalue weighted by molar-refractivity contribution is 5.83. The van der Waals surface area contributed by atoms with Gasteiger partial charge in [0, 0.05) is 28.8 Å². The van der Waals surface area contributed by atoms with Crippen LogP contribution in [-0.4, -0.2) is 37.8 Å². The molecule has 1 aromatic carbocycles. The number of tetrazole rings is 1. The Bertz CT molecular complexity index is 920. The zero-order valence-electron chi connectivity index (χ0n) is 14.7. The first-order chi connectivity index (χ1) is 12.1. The minimum atomic E-state index is 0.141. The average molecular weight is 337 g/mol. The van der Waals surface area contributed by atoms with Crippen LogP contribution in [-0.2, 0) is 6.42 Å². The normalized spacial score (nSPS) is 18.3. The Kier molecular flexibility index (Phi) is 4.01. The number of para-hydroxylation sites is 1. The summed E-state index contributed by atoms with van der Waals surface area (Å²) in [5.41, 5.74) is 4.96. The fourth-order valence-corrected chi connectivity index (χ4v) is 3.78. The lowest BCUT2D eigenvalue weighted by Gasteiger charge is -2.30. The molecule has 2 atom stereocenters. The van der Waals surface area contributed by atoms with E-state index in [2.05, 4.69) is 82.4 Å². The molecule has 0 unspecified atom stereocenters. The summed E-state index contributed by atoms with van der Waals surface area (Å²) in [5, 5.41) is 20.1. The van der Waals surface area contributed by atoms with Gasteiger partial charge in [0.1, 0.15) is 0 Å². The molecular weight excluding hydrogens is 314 g/mol. The highest BCUT2D eigenvalue weighted by Crippen LogP contribution is 2.30. The third-order valence-electron chi connectivity index (χ3n) is 5.03. The quantitative estimate of drug-likeness (QED) is 0.666. The van der Waals surface area contributed by atoms with Gasteiger partial charge in [-0.05, 0) is 61.4 Å². The number of nitrogens with zero attached hydrogens (tertiary/aromatic N) is 4. The second kappa shape index (κ2) is 6.33.